The molecule has 0 bridgehead atoms. The van der Waals surface area contributed by atoms with E-state index in [1.165, 1.54) is 18.2 Å². The van der Waals surface area contributed by atoms with Crippen LogP contribution in [-0.4, -0.2) is 34.3 Å². The Kier molecular flexibility index (Phi) is 3.76. The van der Waals surface area contributed by atoms with Gasteiger partial charge in [0.2, 0.25) is 17.8 Å². The maximum absolute atomic E-state index is 12.8. The van der Waals surface area contributed by atoms with Crippen LogP contribution < -0.4 is 4.90 Å². The first-order valence-electron chi connectivity index (χ1n) is 7.95. The number of nitro benzene ring substituents is 1. The summed E-state index contributed by atoms with van der Waals surface area (Å²) in [5.41, 5.74) is -0.0592. The Labute approximate surface area is 152 Å². The highest BCUT2D eigenvalue weighted by atomic mass is 16.7. The van der Waals surface area contributed by atoms with Crippen molar-refractivity contribution in [2.24, 2.45) is 11.1 Å². The molecule has 1 fully saturated rings. The quantitative estimate of drug-likeness (QED) is 0.352. The first-order chi connectivity index (χ1) is 13.0. The van der Waals surface area contributed by atoms with E-state index in [0.717, 1.165) is 11.0 Å². The van der Waals surface area contributed by atoms with Gasteiger partial charge in [-0.05, 0) is 6.07 Å². The molecule has 2 amide bonds. The number of imide groups is 1. The first-order valence-corrected chi connectivity index (χ1v) is 7.95. The van der Waals surface area contributed by atoms with E-state index in [1.807, 2.05) is 0 Å². The number of carbonyl (C=O) groups excluding carboxylic acids is 3. The lowest BCUT2D eigenvalue weighted by atomic mass is 9.93. The van der Waals surface area contributed by atoms with Gasteiger partial charge < -0.3 is 4.84 Å². The van der Waals surface area contributed by atoms with Gasteiger partial charge in [0.1, 0.15) is 11.6 Å². The zero-order valence-electron chi connectivity index (χ0n) is 13.6. The van der Waals surface area contributed by atoms with Crippen LogP contribution >= 0.6 is 0 Å². The Morgan fingerprint density at radius 3 is 2.52 bits per heavy atom. The highest BCUT2D eigenvalue weighted by Gasteiger charge is 2.57. The van der Waals surface area contributed by atoms with Crippen LogP contribution in [0.5, 0.6) is 0 Å². The monoisotopic (exact) mass is 365 g/mol. The molecule has 0 saturated carbocycles. The van der Waals surface area contributed by atoms with Crippen molar-refractivity contribution in [1.29, 1.82) is 0 Å². The molecule has 2 atom stereocenters. The Morgan fingerprint density at radius 1 is 1.07 bits per heavy atom. The number of hydrogen-bond acceptors (Lipinski definition) is 7. The predicted molar refractivity (Wildman–Crippen MR) is 92.2 cm³/mol. The number of rotatable bonds is 4. The molecule has 0 spiro atoms. The van der Waals surface area contributed by atoms with Gasteiger partial charge >= 0.3 is 0 Å². The lowest BCUT2D eigenvalue weighted by Crippen LogP contribution is -2.34. The maximum atomic E-state index is 12.8. The van der Waals surface area contributed by atoms with E-state index in [4.69, 9.17) is 4.84 Å². The van der Waals surface area contributed by atoms with E-state index >= 15 is 0 Å². The Hall–Kier alpha value is -3.88. The van der Waals surface area contributed by atoms with Crippen molar-refractivity contribution >= 4 is 34.7 Å². The normalized spacial score (nSPS) is 20.9. The minimum atomic E-state index is -1.25. The molecule has 2 aliphatic heterocycles. The molecule has 134 valence electrons. The number of ketones is 1. The number of nitrogens with zero attached hydrogens (tertiary/aromatic N) is 3. The second-order valence-corrected chi connectivity index (χ2v) is 5.96. The standard InChI is InChI=1S/C18H11N3O6/c22-15(10-5-2-1-3-6-10)14-13-16(27-19-14)18(24)20(17(13)23)11-7-4-8-12(9-11)21(25)26/h1-9,13,16H/t13-,16-/m0/s1. The molecule has 2 aliphatic rings. The lowest BCUT2D eigenvalue weighted by molar-refractivity contribution is -0.384. The zero-order chi connectivity index (χ0) is 19.1. The number of fused-ring (bicyclic) bond motifs is 1. The summed E-state index contributed by atoms with van der Waals surface area (Å²) >= 11 is 0. The van der Waals surface area contributed by atoms with Gasteiger partial charge in [-0.1, -0.05) is 41.6 Å². The summed E-state index contributed by atoms with van der Waals surface area (Å²) in [6.45, 7) is 0. The number of amides is 2. The molecular formula is C18H11N3O6. The summed E-state index contributed by atoms with van der Waals surface area (Å²) in [4.78, 5) is 54.3. The van der Waals surface area contributed by atoms with Crippen LogP contribution in [0.2, 0.25) is 0 Å². The first kappa shape index (κ1) is 16.6. The Balaban J connectivity index is 1.68. The molecule has 2 aromatic carbocycles. The summed E-state index contributed by atoms with van der Waals surface area (Å²) in [6, 6.07) is 13.3. The summed E-state index contributed by atoms with van der Waals surface area (Å²) in [5.74, 6) is -3.11. The number of non-ortho nitro benzene ring substituents is 1. The van der Waals surface area contributed by atoms with Crippen molar-refractivity contribution in [1.82, 2.24) is 0 Å². The molecule has 9 nitrogen and oxygen atoms in total. The van der Waals surface area contributed by atoms with Crippen LogP contribution in [0.3, 0.4) is 0 Å². The average molecular weight is 365 g/mol. The second-order valence-electron chi connectivity index (χ2n) is 5.96. The molecule has 0 radical (unpaired) electrons. The number of benzene rings is 2. The lowest BCUT2D eigenvalue weighted by Gasteiger charge is -2.14. The van der Waals surface area contributed by atoms with Crippen molar-refractivity contribution in [2.75, 3.05) is 4.90 Å². The Morgan fingerprint density at radius 2 is 1.81 bits per heavy atom. The van der Waals surface area contributed by atoms with Gasteiger partial charge in [-0.3, -0.25) is 24.5 Å². The molecule has 0 N–H and O–H groups in total. The molecule has 9 heteroatoms. The largest absolute Gasteiger partial charge is 0.381 e. The van der Waals surface area contributed by atoms with E-state index < -0.39 is 34.5 Å². The third-order valence-electron chi connectivity index (χ3n) is 4.38. The predicted octanol–water partition coefficient (Wildman–Crippen LogP) is 1.72. The summed E-state index contributed by atoms with van der Waals surface area (Å²) in [7, 11) is 0. The summed E-state index contributed by atoms with van der Waals surface area (Å²) in [5, 5.41) is 14.6. The van der Waals surface area contributed by atoms with Gasteiger partial charge in [0.15, 0.2) is 0 Å². The van der Waals surface area contributed by atoms with Gasteiger partial charge in [-0.25, -0.2) is 4.90 Å². The fourth-order valence-corrected chi connectivity index (χ4v) is 3.10. The van der Waals surface area contributed by atoms with Gasteiger partial charge in [0, 0.05) is 17.7 Å². The molecule has 1 saturated heterocycles. The molecule has 2 aromatic rings. The third-order valence-corrected chi connectivity index (χ3v) is 4.38. The number of hydrogen-bond donors (Lipinski definition) is 0. The summed E-state index contributed by atoms with van der Waals surface area (Å²) < 4.78 is 0. The highest BCUT2D eigenvalue weighted by molar-refractivity contribution is 6.52. The van der Waals surface area contributed by atoms with Crippen LogP contribution in [0.4, 0.5) is 11.4 Å². The SMILES string of the molecule is O=C(C1=NO[C@@H]2C(=O)N(c3cccc([N+](=O)[O-])c3)C(=O)[C@@H]12)c1ccccc1. The Bertz CT molecular complexity index is 1020. The number of Topliss-reactive ketones (excluding diaryl/α,β-unsaturated/α-hetero) is 1. The third kappa shape index (κ3) is 2.56. The van der Waals surface area contributed by atoms with Gasteiger partial charge in [0.25, 0.3) is 11.6 Å². The van der Waals surface area contributed by atoms with Crippen LogP contribution in [0.1, 0.15) is 10.4 Å². The second kappa shape index (κ2) is 6.13. The van der Waals surface area contributed by atoms with Crippen LogP contribution in [0.15, 0.2) is 59.8 Å². The van der Waals surface area contributed by atoms with Crippen molar-refractivity contribution in [3.8, 4) is 0 Å². The van der Waals surface area contributed by atoms with Gasteiger partial charge in [-0.15, -0.1) is 0 Å². The molecule has 0 unspecified atom stereocenters. The summed E-state index contributed by atoms with van der Waals surface area (Å²) in [6.07, 6.45) is -1.25. The average Bonchev–Trinajstić information content (AvgIpc) is 3.22. The van der Waals surface area contributed by atoms with Crippen molar-refractivity contribution < 1.29 is 24.1 Å². The fraction of sp³-hybridized carbons (Fsp3) is 0.111. The van der Waals surface area contributed by atoms with E-state index in [2.05, 4.69) is 5.16 Å². The molecule has 0 aliphatic carbocycles. The van der Waals surface area contributed by atoms with Crippen LogP contribution in [0.25, 0.3) is 0 Å². The van der Waals surface area contributed by atoms with E-state index in [9.17, 15) is 24.5 Å². The van der Waals surface area contributed by atoms with Crippen molar-refractivity contribution in [3.05, 3.63) is 70.3 Å². The topological polar surface area (TPSA) is 119 Å². The highest BCUT2D eigenvalue weighted by Crippen LogP contribution is 2.35. The van der Waals surface area contributed by atoms with Crippen molar-refractivity contribution in [2.45, 2.75) is 6.10 Å². The number of oxime groups is 1. The van der Waals surface area contributed by atoms with E-state index in [1.54, 1.807) is 30.3 Å². The molecule has 2 heterocycles. The fourth-order valence-electron chi connectivity index (χ4n) is 3.10. The van der Waals surface area contributed by atoms with Crippen molar-refractivity contribution in [3.63, 3.8) is 0 Å². The molecule has 27 heavy (non-hydrogen) atoms. The number of anilines is 1. The van der Waals surface area contributed by atoms with Gasteiger partial charge in [-0.2, -0.15) is 0 Å². The minimum absolute atomic E-state index is 0.0451. The van der Waals surface area contributed by atoms with Crippen LogP contribution in [-0.2, 0) is 14.4 Å². The molecular weight excluding hydrogens is 354 g/mol. The smallest absolute Gasteiger partial charge is 0.278 e. The molecule has 0 aromatic heterocycles. The number of carbonyl (C=O) groups is 3. The number of nitro groups is 1. The minimum Gasteiger partial charge on any atom is -0.381 e. The maximum Gasteiger partial charge on any atom is 0.278 e. The van der Waals surface area contributed by atoms with Gasteiger partial charge in [0.05, 0.1) is 10.6 Å². The zero-order valence-corrected chi connectivity index (χ0v) is 13.6. The van der Waals surface area contributed by atoms with E-state index in [-0.39, 0.29) is 17.1 Å². The van der Waals surface area contributed by atoms with E-state index in [0.29, 0.717) is 5.56 Å². The molecule has 4 rings (SSSR count). The van der Waals surface area contributed by atoms with Crippen LogP contribution in [0, 0.1) is 16.0 Å².